The maximum absolute atomic E-state index is 9.21. The molecule has 0 spiro atoms. The number of terminal acetylenes is 1. The summed E-state index contributed by atoms with van der Waals surface area (Å²) < 4.78 is 0. The Balaban J connectivity index is 2.89. The molecule has 1 aromatic carbocycles. The number of rotatable bonds is 3. The molecule has 1 unspecified atom stereocenters. The Labute approximate surface area is 93.3 Å². The third-order valence-electron chi connectivity index (χ3n) is 1.84. The molecule has 0 aromatic heterocycles. The minimum absolute atomic E-state index is 0.00550. The number of phenolic OH excluding ortho intramolecular Hbond substituents is 1. The number of benzene rings is 1. The summed E-state index contributed by atoms with van der Waals surface area (Å²) in [7, 11) is 0. The highest BCUT2D eigenvalue weighted by atomic mass is 35.5. The molecule has 76 valence electrons. The van der Waals surface area contributed by atoms with Gasteiger partial charge in [0.1, 0.15) is 11.8 Å². The molecule has 1 aromatic rings. The van der Waals surface area contributed by atoms with Crippen molar-refractivity contribution in [2.24, 2.45) is 0 Å². The zero-order chi connectivity index (χ0) is 11.3. The molecule has 0 fully saturated rings. The van der Waals surface area contributed by atoms with E-state index in [-0.39, 0.29) is 10.8 Å². The Morgan fingerprint density at radius 3 is 2.87 bits per heavy atom. The van der Waals surface area contributed by atoms with E-state index in [1.54, 1.807) is 6.07 Å². The van der Waals surface area contributed by atoms with Crippen LogP contribution in [0.5, 0.6) is 5.75 Å². The van der Waals surface area contributed by atoms with Gasteiger partial charge in [-0.25, -0.2) is 0 Å². The van der Waals surface area contributed by atoms with Crippen LogP contribution in [-0.4, -0.2) is 11.7 Å². The SMILES string of the molecule is C#CCNC(C#N)c1ccc(O)c(Cl)c1. The molecular formula is C11H9ClN2O. The van der Waals surface area contributed by atoms with Crippen molar-refractivity contribution < 1.29 is 5.11 Å². The van der Waals surface area contributed by atoms with Crippen LogP contribution in [0.1, 0.15) is 11.6 Å². The molecule has 0 amide bonds. The van der Waals surface area contributed by atoms with Crippen molar-refractivity contribution in [2.45, 2.75) is 6.04 Å². The van der Waals surface area contributed by atoms with Crippen molar-refractivity contribution in [3.05, 3.63) is 28.8 Å². The van der Waals surface area contributed by atoms with Gasteiger partial charge >= 0.3 is 0 Å². The number of nitrogens with one attached hydrogen (secondary N) is 1. The number of nitriles is 1. The van der Waals surface area contributed by atoms with Gasteiger partial charge in [0.15, 0.2) is 0 Å². The van der Waals surface area contributed by atoms with E-state index in [4.69, 9.17) is 23.3 Å². The first-order valence-electron chi connectivity index (χ1n) is 4.24. The van der Waals surface area contributed by atoms with E-state index >= 15 is 0 Å². The first-order valence-corrected chi connectivity index (χ1v) is 4.61. The number of aromatic hydroxyl groups is 1. The molecule has 0 aliphatic heterocycles. The summed E-state index contributed by atoms with van der Waals surface area (Å²) >= 11 is 5.72. The molecule has 0 heterocycles. The Morgan fingerprint density at radius 2 is 2.33 bits per heavy atom. The van der Waals surface area contributed by atoms with E-state index in [9.17, 15) is 5.11 Å². The van der Waals surface area contributed by atoms with E-state index in [0.717, 1.165) is 0 Å². The Kier molecular flexibility index (Phi) is 4.00. The Morgan fingerprint density at radius 1 is 1.60 bits per heavy atom. The fourth-order valence-corrected chi connectivity index (χ4v) is 1.29. The molecule has 0 saturated heterocycles. The van der Waals surface area contributed by atoms with Gasteiger partial charge in [-0.05, 0) is 17.7 Å². The largest absolute Gasteiger partial charge is 0.506 e. The van der Waals surface area contributed by atoms with Gasteiger partial charge in [0.25, 0.3) is 0 Å². The predicted molar refractivity (Wildman–Crippen MR) is 58.3 cm³/mol. The van der Waals surface area contributed by atoms with Crippen LogP contribution >= 0.6 is 11.6 Å². The molecule has 0 aliphatic rings. The smallest absolute Gasteiger partial charge is 0.134 e. The minimum atomic E-state index is -0.515. The lowest BCUT2D eigenvalue weighted by atomic mass is 10.1. The first-order chi connectivity index (χ1) is 7.19. The molecule has 1 atom stereocenters. The maximum atomic E-state index is 9.21. The zero-order valence-corrected chi connectivity index (χ0v) is 8.62. The summed E-state index contributed by atoms with van der Waals surface area (Å²) in [6.07, 6.45) is 5.08. The number of halogens is 1. The first kappa shape index (κ1) is 11.4. The zero-order valence-electron chi connectivity index (χ0n) is 7.87. The van der Waals surface area contributed by atoms with Gasteiger partial charge in [-0.3, -0.25) is 5.32 Å². The molecule has 3 nitrogen and oxygen atoms in total. The third kappa shape index (κ3) is 2.89. The second-order valence-corrected chi connectivity index (χ2v) is 3.27. The summed E-state index contributed by atoms with van der Waals surface area (Å²) in [6.45, 7) is 0.302. The average Bonchev–Trinajstić information content (AvgIpc) is 2.24. The van der Waals surface area contributed by atoms with Crippen molar-refractivity contribution in [1.82, 2.24) is 5.32 Å². The van der Waals surface area contributed by atoms with Crippen molar-refractivity contribution >= 4 is 11.6 Å². The van der Waals surface area contributed by atoms with E-state index in [1.165, 1.54) is 12.1 Å². The maximum Gasteiger partial charge on any atom is 0.134 e. The lowest BCUT2D eigenvalue weighted by molar-refractivity contribution is 0.475. The summed E-state index contributed by atoms with van der Waals surface area (Å²) in [6, 6.07) is 6.14. The molecule has 2 N–H and O–H groups in total. The van der Waals surface area contributed by atoms with Crippen molar-refractivity contribution in [3.63, 3.8) is 0 Å². The quantitative estimate of drug-likeness (QED) is 0.765. The second-order valence-electron chi connectivity index (χ2n) is 2.86. The number of phenols is 1. The topological polar surface area (TPSA) is 56.0 Å². The number of nitrogens with zero attached hydrogens (tertiary/aromatic N) is 1. The van der Waals surface area contributed by atoms with E-state index < -0.39 is 6.04 Å². The third-order valence-corrected chi connectivity index (χ3v) is 2.15. The summed E-state index contributed by atoms with van der Waals surface area (Å²) in [5.74, 6) is 2.38. The van der Waals surface area contributed by atoms with Crippen molar-refractivity contribution in [2.75, 3.05) is 6.54 Å². The monoisotopic (exact) mass is 220 g/mol. The normalized spacial score (nSPS) is 11.4. The molecule has 15 heavy (non-hydrogen) atoms. The lowest BCUT2D eigenvalue weighted by Crippen LogP contribution is -2.19. The molecular weight excluding hydrogens is 212 g/mol. The molecule has 0 aliphatic carbocycles. The van der Waals surface area contributed by atoms with Crippen LogP contribution in [0.25, 0.3) is 0 Å². The molecule has 0 saturated carbocycles. The highest BCUT2D eigenvalue weighted by Crippen LogP contribution is 2.26. The summed E-state index contributed by atoms with van der Waals surface area (Å²) in [5, 5.41) is 21.1. The van der Waals surface area contributed by atoms with Gasteiger partial charge in [-0.15, -0.1) is 6.42 Å². The Bertz CT molecular complexity index is 431. The molecule has 4 heteroatoms. The van der Waals surface area contributed by atoms with Crippen LogP contribution in [0, 0.1) is 23.7 Å². The van der Waals surface area contributed by atoms with Gasteiger partial charge in [-0.2, -0.15) is 5.26 Å². The molecule has 1 rings (SSSR count). The minimum Gasteiger partial charge on any atom is -0.506 e. The van der Waals surface area contributed by atoms with Crippen LogP contribution in [0.15, 0.2) is 18.2 Å². The van der Waals surface area contributed by atoms with Gasteiger partial charge in [0.05, 0.1) is 17.6 Å². The fourth-order valence-electron chi connectivity index (χ4n) is 1.10. The standard InChI is InChI=1S/C11H9ClN2O/c1-2-5-14-10(7-13)8-3-4-11(15)9(12)6-8/h1,3-4,6,10,14-15H,5H2. The van der Waals surface area contributed by atoms with Gasteiger partial charge in [-0.1, -0.05) is 23.6 Å². The van der Waals surface area contributed by atoms with Crippen LogP contribution in [0.2, 0.25) is 5.02 Å². The van der Waals surface area contributed by atoms with E-state index in [1.807, 2.05) is 0 Å². The molecule has 0 bridgehead atoms. The highest BCUT2D eigenvalue weighted by molar-refractivity contribution is 6.32. The van der Waals surface area contributed by atoms with Crippen LogP contribution in [0.4, 0.5) is 0 Å². The number of hydrogen-bond acceptors (Lipinski definition) is 3. The van der Waals surface area contributed by atoms with Crippen LogP contribution in [0.3, 0.4) is 0 Å². The van der Waals surface area contributed by atoms with Crippen LogP contribution < -0.4 is 5.32 Å². The average molecular weight is 221 g/mol. The van der Waals surface area contributed by atoms with E-state index in [0.29, 0.717) is 12.1 Å². The van der Waals surface area contributed by atoms with Gasteiger partial charge in [0, 0.05) is 0 Å². The van der Waals surface area contributed by atoms with Crippen LogP contribution in [-0.2, 0) is 0 Å². The van der Waals surface area contributed by atoms with Gasteiger partial charge < -0.3 is 5.11 Å². The van der Waals surface area contributed by atoms with Crippen molar-refractivity contribution in [3.8, 4) is 24.2 Å². The number of hydrogen-bond donors (Lipinski definition) is 2. The second kappa shape index (κ2) is 5.26. The lowest BCUT2D eigenvalue weighted by Gasteiger charge is -2.10. The molecule has 0 radical (unpaired) electrons. The highest BCUT2D eigenvalue weighted by Gasteiger charge is 2.10. The predicted octanol–water partition coefficient (Wildman–Crippen LogP) is 1.83. The fraction of sp³-hybridized carbons (Fsp3) is 0.182. The Hall–Kier alpha value is -1.68. The van der Waals surface area contributed by atoms with Gasteiger partial charge in [0.2, 0.25) is 0 Å². The summed E-state index contributed by atoms with van der Waals surface area (Å²) in [5.41, 5.74) is 0.676. The van der Waals surface area contributed by atoms with E-state index in [2.05, 4.69) is 17.3 Å². The van der Waals surface area contributed by atoms with Crippen molar-refractivity contribution in [1.29, 1.82) is 5.26 Å². The summed E-state index contributed by atoms with van der Waals surface area (Å²) in [4.78, 5) is 0.